The van der Waals surface area contributed by atoms with Crippen molar-refractivity contribution >= 4 is 27.6 Å². The summed E-state index contributed by atoms with van der Waals surface area (Å²) in [5, 5.41) is 2.32. The molecular weight excluding hydrogens is 376 g/mol. The Morgan fingerprint density at radius 1 is 0.900 bits per heavy atom. The van der Waals surface area contributed by atoms with Crippen LogP contribution in [0.2, 0.25) is 0 Å². The predicted octanol–water partition coefficient (Wildman–Crippen LogP) is 4.05. The molecule has 0 aliphatic carbocycles. The first-order chi connectivity index (χ1) is 14.6. The van der Waals surface area contributed by atoms with E-state index in [0.717, 1.165) is 16.3 Å². The van der Waals surface area contributed by atoms with Crippen molar-refractivity contribution in [1.29, 1.82) is 0 Å². The molecule has 0 saturated carbocycles. The summed E-state index contributed by atoms with van der Waals surface area (Å²) < 4.78 is 6.19. The third-order valence-electron chi connectivity index (χ3n) is 5.76. The summed E-state index contributed by atoms with van der Waals surface area (Å²) in [6.07, 6.45) is 0. The van der Waals surface area contributed by atoms with E-state index in [4.69, 9.17) is 4.42 Å². The smallest absolute Gasteiger partial charge is 0.290 e. The quantitative estimate of drug-likeness (QED) is 0.487. The lowest BCUT2D eigenvalue weighted by molar-refractivity contribution is 0.0716. The Bertz CT molecular complexity index is 1330. The number of hydrogen-bond acceptors (Lipinski definition) is 4. The van der Waals surface area contributed by atoms with Crippen LogP contribution in [0, 0.1) is 0 Å². The fourth-order valence-corrected chi connectivity index (χ4v) is 4.27. The van der Waals surface area contributed by atoms with Crippen LogP contribution < -0.4 is 5.43 Å². The van der Waals surface area contributed by atoms with E-state index in [1.807, 2.05) is 79.7 Å². The second-order valence-electron chi connectivity index (χ2n) is 7.95. The minimum Gasteiger partial charge on any atom is -0.450 e. The van der Waals surface area contributed by atoms with Gasteiger partial charge in [0, 0.05) is 18.5 Å². The summed E-state index contributed by atoms with van der Waals surface area (Å²) in [7, 11) is 3.93. The third-order valence-corrected chi connectivity index (χ3v) is 5.76. The molecule has 0 unspecified atom stereocenters. The molecule has 3 aromatic carbocycles. The van der Waals surface area contributed by atoms with Crippen LogP contribution in [-0.2, 0) is 0 Å². The predicted molar refractivity (Wildman–Crippen MR) is 118 cm³/mol. The maximum Gasteiger partial charge on any atom is 0.290 e. The number of fused-ring (bicyclic) bond motifs is 4. The number of amides is 1. The Balaban J connectivity index is 1.78. The van der Waals surface area contributed by atoms with Gasteiger partial charge in [-0.1, -0.05) is 60.7 Å². The van der Waals surface area contributed by atoms with Gasteiger partial charge in [-0.3, -0.25) is 9.59 Å². The van der Waals surface area contributed by atoms with Gasteiger partial charge in [-0.15, -0.1) is 0 Å². The number of likely N-dealkylation sites (N-methyl/N-ethyl adjacent to an activating group) is 1. The van der Waals surface area contributed by atoms with Gasteiger partial charge in [-0.05, 0) is 31.1 Å². The van der Waals surface area contributed by atoms with E-state index < -0.39 is 6.04 Å². The molecule has 0 bridgehead atoms. The van der Waals surface area contributed by atoms with Gasteiger partial charge in [0.15, 0.2) is 5.43 Å². The molecule has 1 amide bonds. The maximum absolute atomic E-state index is 13.6. The van der Waals surface area contributed by atoms with Gasteiger partial charge in [0.05, 0.1) is 17.0 Å². The van der Waals surface area contributed by atoms with Gasteiger partial charge in [0.2, 0.25) is 5.76 Å². The minimum atomic E-state index is -0.444. The van der Waals surface area contributed by atoms with Crippen molar-refractivity contribution in [1.82, 2.24) is 9.80 Å². The number of benzene rings is 3. The lowest BCUT2D eigenvalue weighted by Crippen LogP contribution is -2.35. The molecule has 0 spiro atoms. The molecule has 1 aromatic heterocycles. The van der Waals surface area contributed by atoms with E-state index in [2.05, 4.69) is 0 Å². The number of hydrogen-bond donors (Lipinski definition) is 0. The van der Waals surface area contributed by atoms with Crippen LogP contribution in [0.25, 0.3) is 21.7 Å². The molecule has 30 heavy (non-hydrogen) atoms. The van der Waals surface area contributed by atoms with Crippen molar-refractivity contribution in [3.63, 3.8) is 0 Å². The molecule has 5 heteroatoms. The van der Waals surface area contributed by atoms with Crippen molar-refractivity contribution < 1.29 is 9.21 Å². The van der Waals surface area contributed by atoms with E-state index in [1.54, 1.807) is 11.0 Å². The number of nitrogens with zero attached hydrogens (tertiary/aromatic N) is 2. The highest BCUT2D eigenvalue weighted by molar-refractivity contribution is 6.06. The van der Waals surface area contributed by atoms with Gasteiger partial charge in [-0.2, -0.15) is 0 Å². The highest BCUT2D eigenvalue weighted by atomic mass is 16.3. The number of carbonyl (C=O) groups excluding carboxylic acids is 1. The maximum atomic E-state index is 13.6. The van der Waals surface area contributed by atoms with E-state index in [9.17, 15) is 9.59 Å². The third kappa shape index (κ3) is 2.82. The van der Waals surface area contributed by atoms with Crippen LogP contribution in [0.15, 0.2) is 75.9 Å². The number of rotatable bonds is 4. The highest BCUT2D eigenvalue weighted by Crippen LogP contribution is 2.38. The van der Waals surface area contributed by atoms with Crippen LogP contribution in [0.1, 0.15) is 27.7 Å². The zero-order chi connectivity index (χ0) is 20.8. The van der Waals surface area contributed by atoms with Crippen molar-refractivity contribution in [2.75, 3.05) is 27.2 Å². The summed E-state index contributed by atoms with van der Waals surface area (Å²) in [5.41, 5.74) is 1.70. The Morgan fingerprint density at radius 3 is 2.40 bits per heavy atom. The first kappa shape index (κ1) is 18.6. The molecule has 5 nitrogen and oxygen atoms in total. The fraction of sp³-hybridized carbons (Fsp3) is 0.200. The van der Waals surface area contributed by atoms with E-state index in [-0.39, 0.29) is 17.1 Å². The SMILES string of the molecule is CN(C)CCN1C(=O)c2oc3c(ccc4ccccc43)c(=O)c2[C@H]1c1ccccc1. The van der Waals surface area contributed by atoms with E-state index >= 15 is 0 Å². The molecule has 0 fully saturated rings. The average molecular weight is 398 g/mol. The first-order valence-corrected chi connectivity index (χ1v) is 10.1. The van der Waals surface area contributed by atoms with Crippen molar-refractivity contribution in [2.24, 2.45) is 0 Å². The van der Waals surface area contributed by atoms with Gasteiger partial charge in [0.25, 0.3) is 5.91 Å². The Hall–Kier alpha value is -3.44. The van der Waals surface area contributed by atoms with Gasteiger partial charge in [0.1, 0.15) is 5.58 Å². The lowest BCUT2D eigenvalue weighted by atomic mass is 9.97. The summed E-state index contributed by atoms with van der Waals surface area (Å²) in [5.74, 6) is -0.0656. The van der Waals surface area contributed by atoms with Crippen LogP contribution in [0.5, 0.6) is 0 Å². The number of carbonyl (C=O) groups is 1. The van der Waals surface area contributed by atoms with E-state index in [1.165, 1.54) is 0 Å². The van der Waals surface area contributed by atoms with Crippen molar-refractivity contribution in [3.05, 3.63) is 93.8 Å². The highest BCUT2D eigenvalue weighted by Gasteiger charge is 2.42. The largest absolute Gasteiger partial charge is 0.450 e. The molecular formula is C25H22N2O3. The molecule has 1 aliphatic rings. The molecule has 0 saturated heterocycles. The molecule has 1 atom stereocenters. The first-order valence-electron chi connectivity index (χ1n) is 10.1. The molecule has 0 radical (unpaired) electrons. The zero-order valence-electron chi connectivity index (χ0n) is 17.0. The fourth-order valence-electron chi connectivity index (χ4n) is 4.27. The standard InChI is InChI=1S/C25H22N2O3/c1-26(2)14-15-27-21(17-9-4-3-5-10-17)20-22(28)19-13-12-16-8-6-7-11-18(16)23(19)30-24(20)25(27)29/h3-13,21H,14-15H2,1-2H3/t21-/m1/s1. The second kappa shape index (κ2) is 7.11. The van der Waals surface area contributed by atoms with Gasteiger partial charge < -0.3 is 14.2 Å². The van der Waals surface area contributed by atoms with Gasteiger partial charge >= 0.3 is 0 Å². The molecule has 150 valence electrons. The normalized spacial score (nSPS) is 16.0. The summed E-state index contributed by atoms with van der Waals surface area (Å²) in [6.45, 7) is 1.20. The second-order valence-corrected chi connectivity index (χ2v) is 7.95. The molecule has 4 aromatic rings. The van der Waals surface area contributed by atoms with Crippen LogP contribution in [0.3, 0.4) is 0 Å². The van der Waals surface area contributed by atoms with E-state index in [0.29, 0.717) is 29.6 Å². The lowest BCUT2D eigenvalue weighted by Gasteiger charge is -2.26. The summed E-state index contributed by atoms with van der Waals surface area (Å²) in [6, 6.07) is 20.7. The Morgan fingerprint density at radius 2 is 1.63 bits per heavy atom. The zero-order valence-corrected chi connectivity index (χ0v) is 17.0. The van der Waals surface area contributed by atoms with Gasteiger partial charge in [-0.25, -0.2) is 0 Å². The molecule has 0 N–H and O–H groups in total. The minimum absolute atomic E-state index is 0.133. The van der Waals surface area contributed by atoms with Crippen molar-refractivity contribution in [3.8, 4) is 0 Å². The monoisotopic (exact) mass is 398 g/mol. The molecule has 5 rings (SSSR count). The van der Waals surface area contributed by atoms with Crippen LogP contribution in [-0.4, -0.2) is 42.9 Å². The van der Waals surface area contributed by atoms with Crippen LogP contribution >= 0.6 is 0 Å². The molecule has 1 aliphatic heterocycles. The Kier molecular flexibility index (Phi) is 4.40. The van der Waals surface area contributed by atoms with Crippen molar-refractivity contribution in [2.45, 2.75) is 6.04 Å². The average Bonchev–Trinajstić information content (AvgIpc) is 3.05. The topological polar surface area (TPSA) is 53.8 Å². The Labute approximate surface area is 174 Å². The summed E-state index contributed by atoms with van der Waals surface area (Å²) >= 11 is 0. The molecule has 2 heterocycles. The summed E-state index contributed by atoms with van der Waals surface area (Å²) in [4.78, 5) is 30.8. The van der Waals surface area contributed by atoms with Crippen LogP contribution in [0.4, 0.5) is 0 Å².